The number of carbonyl (C=O) groups is 1. The van der Waals surface area contributed by atoms with Crippen LogP contribution in [0.4, 0.5) is 0 Å². The summed E-state index contributed by atoms with van der Waals surface area (Å²) in [6.07, 6.45) is 1.54. The zero-order valence-electron chi connectivity index (χ0n) is 8.32. The fourth-order valence-electron chi connectivity index (χ4n) is 1.18. The molecule has 0 aliphatic heterocycles. The standard InChI is InChI=1S/C12H14O2/c1-10(14-11(2)13)8-9-12-6-4-3-5-7-12/h3-7H,1,8-9H2,2H3. The van der Waals surface area contributed by atoms with Gasteiger partial charge in [0.15, 0.2) is 0 Å². The van der Waals surface area contributed by atoms with E-state index in [9.17, 15) is 4.79 Å². The monoisotopic (exact) mass is 190 g/mol. The van der Waals surface area contributed by atoms with E-state index in [-0.39, 0.29) is 5.97 Å². The number of esters is 1. The maximum atomic E-state index is 10.6. The number of aryl methyl sites for hydroxylation is 1. The highest BCUT2D eigenvalue weighted by atomic mass is 16.5. The second-order valence-electron chi connectivity index (χ2n) is 3.12. The topological polar surface area (TPSA) is 26.3 Å². The molecule has 0 amide bonds. The average molecular weight is 190 g/mol. The van der Waals surface area contributed by atoms with Crippen LogP contribution in [0.1, 0.15) is 18.9 Å². The highest BCUT2D eigenvalue weighted by Crippen LogP contribution is 2.08. The number of hydrogen-bond acceptors (Lipinski definition) is 2. The van der Waals surface area contributed by atoms with Gasteiger partial charge in [-0.1, -0.05) is 36.9 Å². The average Bonchev–Trinajstić information content (AvgIpc) is 2.15. The van der Waals surface area contributed by atoms with Crippen LogP contribution in [0.2, 0.25) is 0 Å². The van der Waals surface area contributed by atoms with Crippen molar-refractivity contribution in [2.75, 3.05) is 0 Å². The van der Waals surface area contributed by atoms with Crippen molar-refractivity contribution >= 4 is 5.97 Å². The van der Waals surface area contributed by atoms with Gasteiger partial charge in [-0.2, -0.15) is 0 Å². The lowest BCUT2D eigenvalue weighted by Gasteiger charge is -2.04. The van der Waals surface area contributed by atoms with Gasteiger partial charge < -0.3 is 4.74 Å². The van der Waals surface area contributed by atoms with Crippen molar-refractivity contribution in [2.45, 2.75) is 19.8 Å². The van der Waals surface area contributed by atoms with Gasteiger partial charge in [-0.3, -0.25) is 4.79 Å². The minimum atomic E-state index is -0.303. The molecule has 14 heavy (non-hydrogen) atoms. The van der Waals surface area contributed by atoms with Crippen LogP contribution >= 0.6 is 0 Å². The molecule has 74 valence electrons. The van der Waals surface area contributed by atoms with Gasteiger partial charge in [0.25, 0.3) is 0 Å². The van der Waals surface area contributed by atoms with E-state index in [1.54, 1.807) is 0 Å². The van der Waals surface area contributed by atoms with E-state index in [4.69, 9.17) is 4.74 Å². The van der Waals surface area contributed by atoms with Crippen molar-refractivity contribution in [3.05, 3.63) is 48.2 Å². The molecule has 0 N–H and O–H groups in total. The molecule has 0 fully saturated rings. The molecule has 0 aliphatic rings. The van der Waals surface area contributed by atoms with E-state index in [0.29, 0.717) is 12.2 Å². The van der Waals surface area contributed by atoms with E-state index >= 15 is 0 Å². The normalized spacial score (nSPS) is 9.50. The molecule has 2 nitrogen and oxygen atoms in total. The Morgan fingerprint density at radius 3 is 2.57 bits per heavy atom. The van der Waals surface area contributed by atoms with Gasteiger partial charge in [-0.25, -0.2) is 0 Å². The van der Waals surface area contributed by atoms with Crippen LogP contribution in [0.5, 0.6) is 0 Å². The number of benzene rings is 1. The highest BCUT2D eigenvalue weighted by molar-refractivity contribution is 5.67. The van der Waals surface area contributed by atoms with Gasteiger partial charge in [-0.15, -0.1) is 0 Å². The Labute approximate surface area is 84.2 Å². The first-order valence-electron chi connectivity index (χ1n) is 4.58. The number of rotatable bonds is 4. The Morgan fingerprint density at radius 2 is 2.00 bits per heavy atom. The first-order valence-corrected chi connectivity index (χ1v) is 4.58. The Bertz CT molecular complexity index is 314. The Hall–Kier alpha value is -1.57. The van der Waals surface area contributed by atoms with Crippen molar-refractivity contribution in [3.63, 3.8) is 0 Å². The molecule has 1 rings (SSSR count). The molecule has 0 unspecified atom stereocenters. The molecule has 0 atom stereocenters. The molecular formula is C12H14O2. The summed E-state index contributed by atoms with van der Waals surface area (Å²) in [5.41, 5.74) is 1.22. The Balaban J connectivity index is 2.34. The maximum Gasteiger partial charge on any atom is 0.307 e. The third kappa shape index (κ3) is 3.90. The SMILES string of the molecule is C=C(CCc1ccccc1)OC(C)=O. The quantitative estimate of drug-likeness (QED) is 0.539. The van der Waals surface area contributed by atoms with E-state index in [1.165, 1.54) is 12.5 Å². The summed E-state index contributed by atoms with van der Waals surface area (Å²) in [6.45, 7) is 5.05. The molecule has 1 aromatic rings. The van der Waals surface area contributed by atoms with Crippen LogP contribution in [-0.4, -0.2) is 5.97 Å². The summed E-state index contributed by atoms with van der Waals surface area (Å²) in [5, 5.41) is 0. The van der Waals surface area contributed by atoms with Gasteiger partial charge in [-0.05, 0) is 12.0 Å². The highest BCUT2D eigenvalue weighted by Gasteiger charge is 1.99. The lowest BCUT2D eigenvalue weighted by molar-refractivity contribution is -0.137. The number of hydrogen-bond donors (Lipinski definition) is 0. The van der Waals surface area contributed by atoms with E-state index in [2.05, 4.69) is 6.58 Å². The van der Waals surface area contributed by atoms with Gasteiger partial charge in [0.05, 0.1) is 0 Å². The van der Waals surface area contributed by atoms with Crippen LogP contribution in [-0.2, 0) is 16.0 Å². The van der Waals surface area contributed by atoms with Crippen LogP contribution in [0.3, 0.4) is 0 Å². The Kier molecular flexibility index (Phi) is 3.92. The molecule has 0 radical (unpaired) electrons. The molecule has 0 aromatic heterocycles. The lowest BCUT2D eigenvalue weighted by Crippen LogP contribution is -1.99. The summed E-state index contributed by atoms with van der Waals surface area (Å²) in [5.74, 6) is 0.226. The minimum Gasteiger partial charge on any atom is -0.432 e. The van der Waals surface area contributed by atoms with Gasteiger partial charge in [0.2, 0.25) is 0 Å². The smallest absolute Gasteiger partial charge is 0.307 e. The minimum absolute atomic E-state index is 0.303. The first kappa shape index (κ1) is 10.5. The molecule has 2 heteroatoms. The zero-order valence-corrected chi connectivity index (χ0v) is 8.32. The van der Waals surface area contributed by atoms with Crippen molar-refractivity contribution in [2.24, 2.45) is 0 Å². The first-order chi connectivity index (χ1) is 6.68. The van der Waals surface area contributed by atoms with Crippen LogP contribution in [0.15, 0.2) is 42.7 Å². The summed E-state index contributed by atoms with van der Waals surface area (Å²) in [7, 11) is 0. The van der Waals surface area contributed by atoms with Gasteiger partial charge >= 0.3 is 5.97 Å². The zero-order chi connectivity index (χ0) is 10.4. The number of carbonyl (C=O) groups excluding carboxylic acids is 1. The van der Waals surface area contributed by atoms with Crippen LogP contribution in [0, 0.1) is 0 Å². The molecule has 0 heterocycles. The molecule has 0 aliphatic carbocycles. The second-order valence-corrected chi connectivity index (χ2v) is 3.12. The van der Waals surface area contributed by atoms with Crippen LogP contribution in [0.25, 0.3) is 0 Å². The third-order valence-corrected chi connectivity index (χ3v) is 1.82. The number of allylic oxidation sites excluding steroid dienone is 1. The molecule has 0 saturated carbocycles. The third-order valence-electron chi connectivity index (χ3n) is 1.82. The number of ether oxygens (including phenoxy) is 1. The molecule has 0 spiro atoms. The molecular weight excluding hydrogens is 176 g/mol. The molecule has 1 aromatic carbocycles. The predicted molar refractivity (Wildman–Crippen MR) is 55.7 cm³/mol. The largest absolute Gasteiger partial charge is 0.432 e. The van der Waals surface area contributed by atoms with Gasteiger partial charge in [0.1, 0.15) is 5.76 Å². The van der Waals surface area contributed by atoms with Crippen molar-refractivity contribution in [1.82, 2.24) is 0 Å². The summed E-state index contributed by atoms with van der Waals surface area (Å²) in [6, 6.07) is 10.0. The van der Waals surface area contributed by atoms with E-state index in [0.717, 1.165) is 6.42 Å². The van der Waals surface area contributed by atoms with Crippen LogP contribution < -0.4 is 0 Å². The predicted octanol–water partition coefficient (Wildman–Crippen LogP) is 2.70. The fraction of sp³-hybridized carbons (Fsp3) is 0.250. The maximum absolute atomic E-state index is 10.6. The van der Waals surface area contributed by atoms with Crippen molar-refractivity contribution < 1.29 is 9.53 Å². The second kappa shape index (κ2) is 5.22. The van der Waals surface area contributed by atoms with E-state index in [1.807, 2.05) is 30.3 Å². The molecule has 0 saturated heterocycles. The molecule has 0 bridgehead atoms. The summed E-state index contributed by atoms with van der Waals surface area (Å²) < 4.78 is 4.84. The Morgan fingerprint density at radius 1 is 1.36 bits per heavy atom. The van der Waals surface area contributed by atoms with E-state index < -0.39 is 0 Å². The summed E-state index contributed by atoms with van der Waals surface area (Å²) in [4.78, 5) is 10.6. The van der Waals surface area contributed by atoms with Gasteiger partial charge in [0, 0.05) is 13.3 Å². The van der Waals surface area contributed by atoms with Crippen molar-refractivity contribution in [3.8, 4) is 0 Å². The fourth-order valence-corrected chi connectivity index (χ4v) is 1.18. The summed E-state index contributed by atoms with van der Waals surface area (Å²) >= 11 is 0. The van der Waals surface area contributed by atoms with Crippen molar-refractivity contribution in [1.29, 1.82) is 0 Å². The lowest BCUT2D eigenvalue weighted by atomic mass is 10.1.